The summed E-state index contributed by atoms with van der Waals surface area (Å²) in [7, 11) is -4.35. The summed E-state index contributed by atoms with van der Waals surface area (Å²) in [4.78, 5) is 26.2. The molecule has 0 aromatic heterocycles. The summed E-state index contributed by atoms with van der Waals surface area (Å²) < 4.78 is 36.7. The van der Waals surface area contributed by atoms with Crippen LogP contribution in [-0.4, -0.2) is 23.2 Å². The fourth-order valence-corrected chi connectivity index (χ4v) is 1.90. The lowest BCUT2D eigenvalue weighted by Crippen LogP contribution is -2.38. The molecule has 15 heavy (non-hydrogen) atoms. The van der Waals surface area contributed by atoms with Crippen molar-refractivity contribution in [2.45, 2.75) is 12.2 Å². The number of rotatable bonds is 2. The monoisotopic (exact) mass is 238 g/mol. The molecule has 0 fully saturated rings. The van der Waals surface area contributed by atoms with Gasteiger partial charge in [0.2, 0.25) is 0 Å². The van der Waals surface area contributed by atoms with Gasteiger partial charge in [-0.1, -0.05) is 18.2 Å². The molecule has 0 heterocycles. The van der Waals surface area contributed by atoms with Gasteiger partial charge in [-0.05, 0) is 11.6 Å². The third kappa shape index (κ3) is 4.00. The van der Waals surface area contributed by atoms with E-state index >= 15 is 0 Å². The van der Waals surface area contributed by atoms with Crippen LogP contribution in [0.1, 0.15) is 11.1 Å². The summed E-state index contributed by atoms with van der Waals surface area (Å²) in [6.07, 6.45) is -4.47. The Labute approximate surface area is 84.8 Å². The molecule has 0 saturated carbocycles. The Morgan fingerprint density at radius 3 is 2.20 bits per heavy atom. The number of hydrogen-bond acceptors (Lipinski definition) is 3. The lowest BCUT2D eigenvalue weighted by molar-refractivity contribution is -0.137. The molecule has 0 radical (unpaired) electrons. The molecule has 1 aromatic rings. The van der Waals surface area contributed by atoms with Crippen LogP contribution in [0.5, 0.6) is 0 Å². The third-order valence-electron chi connectivity index (χ3n) is 1.70. The van der Waals surface area contributed by atoms with Crippen molar-refractivity contribution < 1.29 is 27.6 Å². The van der Waals surface area contributed by atoms with E-state index in [0.29, 0.717) is 0 Å². The minimum absolute atomic E-state index is 0.0454. The van der Waals surface area contributed by atoms with Crippen LogP contribution < -0.4 is 0 Å². The third-order valence-corrected chi connectivity index (χ3v) is 2.58. The zero-order chi connectivity index (χ0) is 11.7. The average molecular weight is 238 g/mol. The second kappa shape index (κ2) is 3.93. The molecule has 0 aliphatic carbocycles. The van der Waals surface area contributed by atoms with E-state index in [2.05, 4.69) is 0 Å². The van der Waals surface area contributed by atoms with E-state index in [4.69, 9.17) is 14.4 Å². The highest BCUT2D eigenvalue weighted by Gasteiger charge is 2.32. The summed E-state index contributed by atoms with van der Waals surface area (Å²) in [6.45, 7) is 0. The molecule has 0 atom stereocenters. The highest BCUT2D eigenvalue weighted by Crippen LogP contribution is 2.29. The molecule has 0 spiro atoms. The second-order valence-corrected chi connectivity index (χ2v) is 5.05. The van der Waals surface area contributed by atoms with Crippen LogP contribution in [0.15, 0.2) is 24.3 Å². The summed E-state index contributed by atoms with van der Waals surface area (Å²) in [5.41, 5.74) is -0.831. The maximum atomic E-state index is 12.2. The van der Waals surface area contributed by atoms with Crippen LogP contribution in [0, 0.1) is 0 Å². The van der Waals surface area contributed by atoms with Crippen molar-refractivity contribution in [3.8, 4) is 0 Å². The summed E-state index contributed by atoms with van der Waals surface area (Å²) in [5.74, 6) is 0. The van der Waals surface area contributed by atoms with Crippen molar-refractivity contribution in [2.75, 3.05) is 0 Å². The van der Waals surface area contributed by atoms with Gasteiger partial charge in [0.25, 0.3) is 0 Å². The van der Waals surface area contributed by atoms with Gasteiger partial charge in [-0.3, -0.25) is 0 Å². The largest absolute Gasteiger partial charge is 0.497 e. The van der Waals surface area contributed by atoms with Gasteiger partial charge in [-0.25, -0.2) is 0 Å². The van der Waals surface area contributed by atoms with Gasteiger partial charge < -0.3 is 14.4 Å². The van der Waals surface area contributed by atoms with Crippen molar-refractivity contribution in [1.29, 1.82) is 0 Å². The number of benzene rings is 1. The van der Waals surface area contributed by atoms with Gasteiger partial charge in [-0.15, -0.1) is 0 Å². The van der Waals surface area contributed by atoms with E-state index in [0.717, 1.165) is 18.2 Å². The van der Waals surface area contributed by atoms with Crippen molar-refractivity contribution in [1.82, 2.24) is 0 Å². The number of halogens is 3. The summed E-state index contributed by atoms with van der Waals surface area (Å²) in [5, 5.41) is 0. The second-order valence-electron chi connectivity index (χ2n) is 3.15. The van der Waals surface area contributed by atoms with Crippen LogP contribution in [0.25, 0.3) is 0 Å². The SMILES string of the molecule is O[Si](O)(O)Cc1cccc(C(F)(F)F)c1. The molecular weight excluding hydrogens is 229 g/mol. The van der Waals surface area contributed by atoms with Crippen LogP contribution >= 0.6 is 0 Å². The first-order valence-electron chi connectivity index (χ1n) is 4.02. The Bertz CT molecular complexity index is 346. The highest BCUT2D eigenvalue weighted by atomic mass is 28.4. The number of hydrogen-bond donors (Lipinski definition) is 3. The van der Waals surface area contributed by atoms with Gasteiger partial charge in [0, 0.05) is 6.04 Å². The summed E-state index contributed by atoms with van der Waals surface area (Å²) >= 11 is 0. The van der Waals surface area contributed by atoms with Crippen LogP contribution in [0.2, 0.25) is 0 Å². The molecule has 0 amide bonds. The van der Waals surface area contributed by atoms with Crippen molar-refractivity contribution in [2.24, 2.45) is 0 Å². The van der Waals surface area contributed by atoms with Gasteiger partial charge in [0.05, 0.1) is 5.56 Å². The normalized spacial score (nSPS) is 12.9. The van der Waals surface area contributed by atoms with E-state index < -0.39 is 26.6 Å². The smallest absolute Gasteiger partial charge is 0.390 e. The van der Waals surface area contributed by atoms with Crippen molar-refractivity contribution in [3.05, 3.63) is 35.4 Å². The molecule has 0 aliphatic heterocycles. The molecule has 3 N–H and O–H groups in total. The first-order valence-corrected chi connectivity index (χ1v) is 6.06. The molecule has 7 heteroatoms. The lowest BCUT2D eigenvalue weighted by Gasteiger charge is -2.11. The van der Waals surface area contributed by atoms with Crippen molar-refractivity contribution in [3.63, 3.8) is 0 Å². The fourth-order valence-electron chi connectivity index (χ4n) is 1.13. The molecule has 1 aromatic carbocycles. The molecule has 84 valence electrons. The van der Waals surface area contributed by atoms with Crippen LogP contribution in [0.3, 0.4) is 0 Å². The average Bonchev–Trinajstić information content (AvgIpc) is 1.99. The van der Waals surface area contributed by atoms with Crippen molar-refractivity contribution >= 4 is 8.80 Å². The van der Waals surface area contributed by atoms with E-state index in [-0.39, 0.29) is 5.56 Å². The van der Waals surface area contributed by atoms with Crippen LogP contribution in [-0.2, 0) is 12.2 Å². The van der Waals surface area contributed by atoms with Gasteiger partial charge in [-0.2, -0.15) is 13.2 Å². The molecule has 0 bridgehead atoms. The Kier molecular flexibility index (Phi) is 3.19. The molecule has 1 rings (SSSR count). The van der Waals surface area contributed by atoms with Gasteiger partial charge >= 0.3 is 15.0 Å². The quantitative estimate of drug-likeness (QED) is 0.665. The molecule has 0 aliphatic rings. The van der Waals surface area contributed by atoms with Gasteiger partial charge in [0.15, 0.2) is 0 Å². The Morgan fingerprint density at radius 1 is 1.13 bits per heavy atom. The zero-order valence-corrected chi connectivity index (χ0v) is 8.49. The topological polar surface area (TPSA) is 60.7 Å². The van der Waals surface area contributed by atoms with E-state index in [9.17, 15) is 13.2 Å². The first kappa shape index (κ1) is 12.2. The highest BCUT2D eigenvalue weighted by molar-refractivity contribution is 6.55. The minimum atomic E-state index is -4.47. The van der Waals surface area contributed by atoms with E-state index in [1.165, 1.54) is 6.07 Å². The standard InChI is InChI=1S/C8H9F3O3Si/c9-8(10,11)7-3-1-2-6(4-7)5-15(12,13)14/h1-4,12-14H,5H2. The number of alkyl halides is 3. The first-order chi connectivity index (χ1) is 6.68. The van der Waals surface area contributed by atoms with E-state index in [1.54, 1.807) is 0 Å². The molecular formula is C8H9F3O3Si. The zero-order valence-electron chi connectivity index (χ0n) is 7.49. The molecule has 0 unspecified atom stereocenters. The van der Waals surface area contributed by atoms with Crippen LogP contribution in [0.4, 0.5) is 13.2 Å². The molecule has 0 saturated heterocycles. The van der Waals surface area contributed by atoms with Gasteiger partial charge in [0.1, 0.15) is 0 Å². The fraction of sp³-hybridized carbons (Fsp3) is 0.250. The maximum absolute atomic E-state index is 12.2. The Balaban J connectivity index is 2.94. The van der Waals surface area contributed by atoms with E-state index in [1.807, 2.05) is 0 Å². The minimum Gasteiger partial charge on any atom is -0.390 e. The Morgan fingerprint density at radius 2 is 1.73 bits per heavy atom. The Hall–Kier alpha value is -0.893. The predicted octanol–water partition coefficient (Wildman–Crippen LogP) is 0.703. The summed E-state index contributed by atoms with van der Waals surface area (Å²) in [6, 6.07) is 3.55. The lowest BCUT2D eigenvalue weighted by atomic mass is 10.1. The molecule has 3 nitrogen and oxygen atoms in total. The maximum Gasteiger partial charge on any atom is 0.497 e. The predicted molar refractivity (Wildman–Crippen MR) is 47.6 cm³/mol.